The van der Waals surface area contributed by atoms with E-state index >= 15 is 0 Å². The highest BCUT2D eigenvalue weighted by molar-refractivity contribution is 6.33. The van der Waals surface area contributed by atoms with Crippen molar-refractivity contribution in [2.75, 3.05) is 6.54 Å². The first-order valence-electron chi connectivity index (χ1n) is 5.62. The maximum atomic E-state index is 11.8. The van der Waals surface area contributed by atoms with Crippen molar-refractivity contribution in [1.29, 1.82) is 0 Å². The van der Waals surface area contributed by atoms with Crippen molar-refractivity contribution >= 4 is 17.5 Å². The molecule has 1 rings (SSSR count). The van der Waals surface area contributed by atoms with E-state index in [9.17, 15) is 9.90 Å². The first-order valence-corrected chi connectivity index (χ1v) is 6.00. The van der Waals surface area contributed by atoms with E-state index in [-0.39, 0.29) is 12.5 Å². The van der Waals surface area contributed by atoms with E-state index in [2.05, 4.69) is 10.4 Å². The van der Waals surface area contributed by atoms with Gasteiger partial charge in [0.25, 0.3) is 5.91 Å². The molecule has 0 saturated carbocycles. The Morgan fingerprint density at radius 3 is 2.76 bits per heavy atom. The van der Waals surface area contributed by atoms with Crippen LogP contribution in [0, 0.1) is 6.92 Å². The molecule has 17 heavy (non-hydrogen) atoms. The number of carbonyl (C=O) groups excluding carboxylic acids is 1. The number of nitrogens with one attached hydrogen (secondary N) is 1. The van der Waals surface area contributed by atoms with Gasteiger partial charge in [-0.25, -0.2) is 0 Å². The fraction of sp³-hybridized carbons (Fsp3) is 0.636. The van der Waals surface area contributed by atoms with Gasteiger partial charge in [0.2, 0.25) is 0 Å². The molecule has 0 aliphatic rings. The molecule has 5 nitrogen and oxygen atoms in total. The highest BCUT2D eigenvalue weighted by Gasteiger charge is 2.19. The number of rotatable bonds is 5. The molecule has 1 heterocycles. The van der Waals surface area contributed by atoms with Gasteiger partial charge in [0, 0.05) is 13.6 Å². The second kappa shape index (κ2) is 6.02. The number of aliphatic hydroxyl groups excluding tert-OH is 1. The van der Waals surface area contributed by atoms with E-state index in [0.29, 0.717) is 22.8 Å². The third kappa shape index (κ3) is 3.44. The number of halogens is 1. The Hall–Kier alpha value is -1.07. The summed E-state index contributed by atoms with van der Waals surface area (Å²) in [7, 11) is 1.68. The Bertz CT molecular complexity index is 404. The monoisotopic (exact) mass is 259 g/mol. The van der Waals surface area contributed by atoms with Gasteiger partial charge in [-0.2, -0.15) is 5.10 Å². The summed E-state index contributed by atoms with van der Waals surface area (Å²) in [6.07, 6.45) is 1.03. The van der Waals surface area contributed by atoms with Crippen LogP contribution in [0.3, 0.4) is 0 Å². The fourth-order valence-electron chi connectivity index (χ4n) is 1.62. The van der Waals surface area contributed by atoms with E-state index in [4.69, 9.17) is 11.6 Å². The number of hydrogen-bond acceptors (Lipinski definition) is 3. The van der Waals surface area contributed by atoms with Crippen LogP contribution in [-0.2, 0) is 7.05 Å². The second-order valence-electron chi connectivity index (χ2n) is 4.03. The normalized spacial score (nSPS) is 12.5. The Morgan fingerprint density at radius 2 is 2.29 bits per heavy atom. The molecular weight excluding hydrogens is 242 g/mol. The van der Waals surface area contributed by atoms with Gasteiger partial charge in [-0.3, -0.25) is 9.48 Å². The molecule has 1 aromatic rings. The maximum Gasteiger partial charge on any atom is 0.256 e. The molecule has 1 atom stereocenters. The standard InChI is InChI=1S/C11H18ClN3O2/c1-4-5-8(16)6-13-11(17)9-7(2)14-15(3)10(9)12/h8,16H,4-6H2,1-3H3,(H,13,17). The van der Waals surface area contributed by atoms with Gasteiger partial charge in [-0.05, 0) is 13.3 Å². The number of aliphatic hydroxyl groups is 1. The summed E-state index contributed by atoms with van der Waals surface area (Å²) in [4.78, 5) is 11.8. The minimum atomic E-state index is -0.514. The van der Waals surface area contributed by atoms with E-state index in [0.717, 1.165) is 6.42 Å². The Labute approximate surface area is 106 Å². The minimum Gasteiger partial charge on any atom is -0.391 e. The molecule has 0 aromatic carbocycles. The number of aryl methyl sites for hydroxylation is 2. The molecule has 0 saturated heterocycles. The molecule has 0 fully saturated rings. The van der Waals surface area contributed by atoms with Crippen molar-refractivity contribution in [2.24, 2.45) is 7.05 Å². The number of aromatic nitrogens is 2. The van der Waals surface area contributed by atoms with Crippen LogP contribution in [0.5, 0.6) is 0 Å². The zero-order valence-corrected chi connectivity index (χ0v) is 11.1. The topological polar surface area (TPSA) is 67.2 Å². The van der Waals surface area contributed by atoms with Gasteiger partial charge in [0.15, 0.2) is 0 Å². The number of hydrogen-bond donors (Lipinski definition) is 2. The number of nitrogens with zero attached hydrogens (tertiary/aromatic N) is 2. The predicted molar refractivity (Wildman–Crippen MR) is 66.2 cm³/mol. The van der Waals surface area contributed by atoms with Crippen molar-refractivity contribution in [1.82, 2.24) is 15.1 Å². The molecule has 96 valence electrons. The summed E-state index contributed by atoms with van der Waals surface area (Å²) in [5, 5.41) is 16.5. The summed E-state index contributed by atoms with van der Waals surface area (Å²) in [6.45, 7) is 3.94. The van der Waals surface area contributed by atoms with Crippen molar-refractivity contribution < 1.29 is 9.90 Å². The highest BCUT2D eigenvalue weighted by atomic mass is 35.5. The van der Waals surface area contributed by atoms with Crippen molar-refractivity contribution in [3.63, 3.8) is 0 Å². The average Bonchev–Trinajstić information content (AvgIpc) is 2.50. The number of amides is 1. The lowest BCUT2D eigenvalue weighted by Crippen LogP contribution is -2.32. The van der Waals surface area contributed by atoms with Crippen LogP contribution in [0.4, 0.5) is 0 Å². The second-order valence-corrected chi connectivity index (χ2v) is 4.39. The predicted octanol–water partition coefficient (Wildman–Crippen LogP) is 1.27. The molecule has 0 aliphatic carbocycles. The van der Waals surface area contributed by atoms with Gasteiger partial charge < -0.3 is 10.4 Å². The van der Waals surface area contributed by atoms with Gasteiger partial charge in [0.1, 0.15) is 5.15 Å². The lowest BCUT2D eigenvalue weighted by Gasteiger charge is -2.10. The van der Waals surface area contributed by atoms with Crippen molar-refractivity contribution in [3.8, 4) is 0 Å². The third-order valence-electron chi connectivity index (χ3n) is 2.50. The molecule has 1 aromatic heterocycles. The Balaban J connectivity index is 2.64. The smallest absolute Gasteiger partial charge is 0.256 e. The number of carbonyl (C=O) groups is 1. The van der Waals surface area contributed by atoms with E-state index < -0.39 is 6.10 Å². The fourth-order valence-corrected chi connectivity index (χ4v) is 1.88. The first kappa shape index (κ1) is 14.0. The van der Waals surface area contributed by atoms with Crippen LogP contribution in [0.1, 0.15) is 35.8 Å². The van der Waals surface area contributed by atoms with E-state index in [1.54, 1.807) is 14.0 Å². The Kier molecular flexibility index (Phi) is 4.96. The molecule has 0 spiro atoms. The molecule has 0 bridgehead atoms. The van der Waals surface area contributed by atoms with Gasteiger partial charge in [-0.1, -0.05) is 24.9 Å². The van der Waals surface area contributed by atoms with Crippen molar-refractivity contribution in [2.45, 2.75) is 32.8 Å². The van der Waals surface area contributed by atoms with Crippen LogP contribution < -0.4 is 5.32 Å². The Morgan fingerprint density at radius 1 is 1.65 bits per heavy atom. The molecule has 2 N–H and O–H groups in total. The summed E-state index contributed by atoms with van der Waals surface area (Å²) in [5.41, 5.74) is 0.956. The zero-order chi connectivity index (χ0) is 13.0. The summed E-state index contributed by atoms with van der Waals surface area (Å²) in [5.74, 6) is -0.296. The summed E-state index contributed by atoms with van der Waals surface area (Å²) >= 11 is 5.96. The van der Waals surface area contributed by atoms with Crippen LogP contribution in [0.25, 0.3) is 0 Å². The molecule has 1 amide bonds. The minimum absolute atomic E-state index is 0.233. The molecule has 1 unspecified atom stereocenters. The van der Waals surface area contributed by atoms with Crippen molar-refractivity contribution in [3.05, 3.63) is 16.4 Å². The van der Waals surface area contributed by atoms with E-state index in [1.165, 1.54) is 4.68 Å². The van der Waals surface area contributed by atoms with Crippen LogP contribution in [0.15, 0.2) is 0 Å². The zero-order valence-electron chi connectivity index (χ0n) is 10.3. The van der Waals surface area contributed by atoms with Crippen LogP contribution in [0.2, 0.25) is 5.15 Å². The maximum absolute atomic E-state index is 11.8. The van der Waals surface area contributed by atoms with Gasteiger partial charge in [-0.15, -0.1) is 0 Å². The largest absolute Gasteiger partial charge is 0.391 e. The van der Waals surface area contributed by atoms with Crippen LogP contribution >= 0.6 is 11.6 Å². The average molecular weight is 260 g/mol. The molecule has 6 heteroatoms. The van der Waals surface area contributed by atoms with E-state index in [1.807, 2.05) is 6.92 Å². The lowest BCUT2D eigenvalue weighted by molar-refractivity contribution is 0.0909. The molecule has 0 aliphatic heterocycles. The summed E-state index contributed by atoms with van der Waals surface area (Å²) in [6, 6.07) is 0. The molecule has 0 radical (unpaired) electrons. The molecular formula is C11H18ClN3O2. The lowest BCUT2D eigenvalue weighted by atomic mass is 10.2. The third-order valence-corrected chi connectivity index (χ3v) is 2.93. The van der Waals surface area contributed by atoms with Gasteiger partial charge in [0.05, 0.1) is 17.4 Å². The quantitative estimate of drug-likeness (QED) is 0.837. The highest BCUT2D eigenvalue weighted by Crippen LogP contribution is 2.18. The first-order chi connectivity index (χ1) is 7.97. The van der Waals surface area contributed by atoms with Gasteiger partial charge >= 0.3 is 0 Å². The summed E-state index contributed by atoms with van der Waals surface area (Å²) < 4.78 is 1.45. The SMILES string of the molecule is CCCC(O)CNC(=O)c1c(C)nn(C)c1Cl. The van der Waals surface area contributed by atoms with Crippen LogP contribution in [-0.4, -0.2) is 33.4 Å².